The van der Waals surface area contributed by atoms with Gasteiger partial charge in [-0.2, -0.15) is 0 Å². The minimum atomic E-state index is -0.985. The molecule has 1 saturated heterocycles. The third-order valence-electron chi connectivity index (χ3n) is 2.85. The van der Waals surface area contributed by atoms with Crippen LogP contribution in [0.25, 0.3) is 0 Å². The number of halogens is 2. The van der Waals surface area contributed by atoms with Gasteiger partial charge in [-0.05, 0) is 18.6 Å². The molecule has 17 heavy (non-hydrogen) atoms. The zero-order chi connectivity index (χ0) is 12.3. The van der Waals surface area contributed by atoms with Crippen molar-refractivity contribution in [3.8, 4) is 0 Å². The third-order valence-corrected chi connectivity index (χ3v) is 3.25. The van der Waals surface area contributed by atoms with Crippen molar-refractivity contribution in [3.63, 3.8) is 0 Å². The van der Waals surface area contributed by atoms with Gasteiger partial charge in [-0.15, -0.1) is 0 Å². The molecule has 1 aromatic carbocycles. The van der Waals surface area contributed by atoms with Crippen molar-refractivity contribution < 1.29 is 4.79 Å². The maximum Gasteiger partial charge on any atom is 0.253 e. The van der Waals surface area contributed by atoms with Crippen LogP contribution in [0.4, 0.5) is 5.69 Å². The molecule has 0 spiro atoms. The van der Waals surface area contributed by atoms with E-state index in [1.54, 1.807) is 0 Å². The molecular formula is C12H14Cl2N2O. The van der Waals surface area contributed by atoms with Crippen molar-refractivity contribution in [1.82, 2.24) is 5.32 Å². The summed E-state index contributed by atoms with van der Waals surface area (Å²) in [6.07, 6.45) is 0.918. The third kappa shape index (κ3) is 3.27. The van der Waals surface area contributed by atoms with Crippen LogP contribution in [0.1, 0.15) is 6.42 Å². The number of amides is 1. The van der Waals surface area contributed by atoms with E-state index in [2.05, 4.69) is 22.3 Å². The highest BCUT2D eigenvalue weighted by Gasteiger charge is 2.25. The van der Waals surface area contributed by atoms with E-state index in [4.69, 9.17) is 23.2 Å². The van der Waals surface area contributed by atoms with E-state index < -0.39 is 4.84 Å². The van der Waals surface area contributed by atoms with Gasteiger partial charge in [-0.3, -0.25) is 4.79 Å². The Morgan fingerprint density at radius 1 is 1.35 bits per heavy atom. The normalized spacial score (nSPS) is 19.7. The van der Waals surface area contributed by atoms with Crippen molar-refractivity contribution in [1.29, 1.82) is 0 Å². The van der Waals surface area contributed by atoms with Crippen molar-refractivity contribution in [2.75, 3.05) is 18.0 Å². The Labute approximate surface area is 111 Å². The average molecular weight is 273 g/mol. The van der Waals surface area contributed by atoms with E-state index >= 15 is 0 Å². The Bertz CT molecular complexity index is 383. The fourth-order valence-corrected chi connectivity index (χ4v) is 2.14. The number of rotatable bonds is 3. The molecule has 1 aromatic rings. The van der Waals surface area contributed by atoms with Crippen molar-refractivity contribution in [3.05, 3.63) is 30.3 Å². The number of hydrogen-bond acceptors (Lipinski definition) is 2. The first-order valence-electron chi connectivity index (χ1n) is 5.55. The first-order chi connectivity index (χ1) is 8.16. The lowest BCUT2D eigenvalue weighted by molar-refractivity contribution is -0.120. The first kappa shape index (κ1) is 12.5. The minimum Gasteiger partial charge on any atom is -0.369 e. The summed E-state index contributed by atoms with van der Waals surface area (Å²) >= 11 is 11.0. The van der Waals surface area contributed by atoms with Crippen LogP contribution in [-0.4, -0.2) is 29.9 Å². The number of anilines is 1. The van der Waals surface area contributed by atoms with Crippen LogP contribution in [0.5, 0.6) is 0 Å². The number of benzene rings is 1. The van der Waals surface area contributed by atoms with Crippen LogP contribution in [0, 0.1) is 0 Å². The molecule has 1 amide bonds. The van der Waals surface area contributed by atoms with Gasteiger partial charge < -0.3 is 10.2 Å². The molecule has 1 fully saturated rings. The highest BCUT2D eigenvalue weighted by Crippen LogP contribution is 2.19. The second-order valence-electron chi connectivity index (χ2n) is 4.08. The molecule has 5 heteroatoms. The van der Waals surface area contributed by atoms with Crippen LogP contribution >= 0.6 is 23.2 Å². The molecule has 3 nitrogen and oxygen atoms in total. The van der Waals surface area contributed by atoms with Gasteiger partial charge in [0.25, 0.3) is 5.91 Å². The molecule has 0 radical (unpaired) electrons. The number of nitrogens with one attached hydrogen (secondary N) is 1. The molecule has 2 rings (SSSR count). The van der Waals surface area contributed by atoms with Gasteiger partial charge >= 0.3 is 0 Å². The quantitative estimate of drug-likeness (QED) is 0.856. The van der Waals surface area contributed by atoms with Gasteiger partial charge in [-0.1, -0.05) is 41.4 Å². The Morgan fingerprint density at radius 3 is 2.71 bits per heavy atom. The number of alkyl halides is 2. The molecule has 0 aliphatic carbocycles. The van der Waals surface area contributed by atoms with Gasteiger partial charge in [-0.25, -0.2) is 0 Å². The first-order valence-corrected chi connectivity index (χ1v) is 6.42. The Hall–Kier alpha value is -0.930. The van der Waals surface area contributed by atoms with Crippen molar-refractivity contribution >= 4 is 34.8 Å². The van der Waals surface area contributed by atoms with E-state index in [1.807, 2.05) is 18.2 Å². The number of nitrogens with zero attached hydrogens (tertiary/aromatic N) is 1. The van der Waals surface area contributed by atoms with Gasteiger partial charge in [0.1, 0.15) is 0 Å². The fraction of sp³-hybridized carbons (Fsp3) is 0.417. The van der Waals surface area contributed by atoms with Gasteiger partial charge in [0.05, 0.1) is 0 Å². The summed E-state index contributed by atoms with van der Waals surface area (Å²) in [6.45, 7) is 1.74. The molecule has 1 heterocycles. The van der Waals surface area contributed by atoms with Gasteiger partial charge in [0.15, 0.2) is 4.84 Å². The van der Waals surface area contributed by atoms with Crippen LogP contribution in [0.3, 0.4) is 0 Å². The Balaban J connectivity index is 1.90. The molecule has 1 aliphatic rings. The van der Waals surface area contributed by atoms with Gasteiger partial charge in [0.2, 0.25) is 0 Å². The summed E-state index contributed by atoms with van der Waals surface area (Å²) in [5, 5.41) is 2.83. The molecular weight excluding hydrogens is 259 g/mol. The summed E-state index contributed by atoms with van der Waals surface area (Å²) in [4.78, 5) is 12.6. The fourth-order valence-electron chi connectivity index (χ4n) is 2.02. The smallest absolute Gasteiger partial charge is 0.253 e. The van der Waals surface area contributed by atoms with Crippen LogP contribution in [0.2, 0.25) is 0 Å². The molecule has 0 aromatic heterocycles. The Morgan fingerprint density at radius 2 is 2.06 bits per heavy atom. The monoisotopic (exact) mass is 272 g/mol. The standard InChI is InChI=1S/C12H14Cl2N2O/c13-11(14)12(17)15-9-6-7-16(8-9)10-4-2-1-3-5-10/h1-5,9,11H,6-8H2,(H,15,17). The Kier molecular flexibility index (Phi) is 4.13. The van der Waals surface area contributed by atoms with Crippen LogP contribution in [-0.2, 0) is 4.79 Å². The number of carbonyl (C=O) groups is 1. The zero-order valence-corrected chi connectivity index (χ0v) is 10.8. The summed E-state index contributed by atoms with van der Waals surface area (Å²) in [5.41, 5.74) is 1.18. The lowest BCUT2D eigenvalue weighted by Gasteiger charge is -2.19. The molecule has 1 unspecified atom stereocenters. The zero-order valence-electron chi connectivity index (χ0n) is 9.27. The lowest BCUT2D eigenvalue weighted by atomic mass is 10.2. The van der Waals surface area contributed by atoms with E-state index in [1.165, 1.54) is 5.69 Å². The largest absolute Gasteiger partial charge is 0.369 e. The van der Waals surface area contributed by atoms with Crippen LogP contribution in [0.15, 0.2) is 30.3 Å². The van der Waals surface area contributed by atoms with E-state index in [-0.39, 0.29) is 11.9 Å². The summed E-state index contributed by atoms with van der Waals surface area (Å²) in [7, 11) is 0. The summed E-state index contributed by atoms with van der Waals surface area (Å²) in [5.74, 6) is -0.312. The number of carbonyl (C=O) groups excluding carboxylic acids is 1. The maximum absolute atomic E-state index is 11.3. The molecule has 1 N–H and O–H groups in total. The maximum atomic E-state index is 11.3. The molecule has 0 bridgehead atoms. The van der Waals surface area contributed by atoms with Gasteiger partial charge in [0, 0.05) is 24.8 Å². The topological polar surface area (TPSA) is 32.3 Å². The van der Waals surface area contributed by atoms with Crippen molar-refractivity contribution in [2.45, 2.75) is 17.3 Å². The molecule has 1 aliphatic heterocycles. The number of para-hydroxylation sites is 1. The molecule has 92 valence electrons. The summed E-state index contributed by atoms with van der Waals surface area (Å²) < 4.78 is 0. The molecule has 0 saturated carbocycles. The molecule has 1 atom stereocenters. The highest BCUT2D eigenvalue weighted by atomic mass is 35.5. The SMILES string of the molecule is O=C(NC1CCN(c2ccccc2)C1)C(Cl)Cl. The predicted octanol–water partition coefficient (Wildman–Crippen LogP) is 2.19. The number of hydrogen-bond donors (Lipinski definition) is 1. The second kappa shape index (κ2) is 5.61. The summed E-state index contributed by atoms with van der Waals surface area (Å²) in [6, 6.07) is 10.3. The lowest BCUT2D eigenvalue weighted by Crippen LogP contribution is -2.39. The van der Waals surface area contributed by atoms with E-state index in [9.17, 15) is 4.79 Å². The minimum absolute atomic E-state index is 0.128. The predicted molar refractivity (Wildman–Crippen MR) is 70.7 cm³/mol. The van der Waals surface area contributed by atoms with Crippen LogP contribution < -0.4 is 10.2 Å². The second-order valence-corrected chi connectivity index (χ2v) is 5.17. The highest BCUT2D eigenvalue weighted by molar-refractivity contribution is 6.53. The van der Waals surface area contributed by atoms with E-state index in [0.29, 0.717) is 0 Å². The van der Waals surface area contributed by atoms with E-state index in [0.717, 1.165) is 19.5 Å². The van der Waals surface area contributed by atoms with Crippen molar-refractivity contribution in [2.24, 2.45) is 0 Å². The average Bonchev–Trinajstić information content (AvgIpc) is 2.78.